The topological polar surface area (TPSA) is 41.6 Å². The third kappa shape index (κ3) is 4.32. The molecule has 2 saturated heterocycles. The Bertz CT molecular complexity index is 1020. The average Bonchev–Trinajstić information content (AvgIpc) is 2.80. The van der Waals surface area contributed by atoms with Crippen molar-refractivity contribution in [1.29, 1.82) is 0 Å². The molecule has 34 heavy (non-hydrogen) atoms. The van der Waals surface area contributed by atoms with Crippen molar-refractivity contribution in [3.63, 3.8) is 0 Å². The van der Waals surface area contributed by atoms with Crippen molar-refractivity contribution in [2.45, 2.75) is 37.0 Å². The minimum absolute atomic E-state index is 0.0850. The lowest BCUT2D eigenvalue weighted by Gasteiger charge is -2.50. The van der Waals surface area contributed by atoms with Gasteiger partial charge in [-0.15, -0.1) is 0 Å². The number of carbonyl (C=O) groups excluding carboxylic acids is 1. The summed E-state index contributed by atoms with van der Waals surface area (Å²) in [6, 6.07) is 11.6. The molecule has 1 amide bonds. The molecule has 1 unspecified atom stereocenters. The Labute approximate surface area is 201 Å². The van der Waals surface area contributed by atoms with E-state index in [1.807, 2.05) is 0 Å². The number of ether oxygens (including phenoxy) is 1. The SMILES string of the molecule is COC(C(=O)N1CCC2(CCNC[C@H]2c2ccc(F)cc2)CC1)(c1cccc(Cl)c1)C(F)(F)F. The first-order valence-electron chi connectivity index (χ1n) is 11.3. The van der Waals surface area contributed by atoms with Crippen molar-refractivity contribution in [3.05, 3.63) is 70.5 Å². The van der Waals surface area contributed by atoms with Crippen LogP contribution in [0.1, 0.15) is 36.3 Å². The summed E-state index contributed by atoms with van der Waals surface area (Å²) in [4.78, 5) is 14.7. The van der Waals surface area contributed by atoms with Crippen molar-refractivity contribution >= 4 is 17.5 Å². The molecule has 2 aromatic rings. The smallest absolute Gasteiger partial charge is 0.356 e. The summed E-state index contributed by atoms with van der Waals surface area (Å²) in [5, 5.41) is 3.47. The zero-order valence-corrected chi connectivity index (χ0v) is 19.6. The Balaban J connectivity index is 1.60. The van der Waals surface area contributed by atoms with Gasteiger partial charge in [0.2, 0.25) is 0 Å². The lowest BCUT2D eigenvalue weighted by Crippen LogP contribution is -2.59. The van der Waals surface area contributed by atoms with Gasteiger partial charge in [-0.25, -0.2) is 4.39 Å². The standard InChI is InChI=1S/C25H27ClF4N2O2/c1-34-24(25(28,29)30,18-3-2-4-19(26)15-18)22(33)32-13-10-23(11-14-32)9-12-31-16-21(23)17-5-7-20(27)8-6-17/h2-8,15,21,31H,9-14,16H2,1H3/t21-,24?/m0/s1. The van der Waals surface area contributed by atoms with Crippen LogP contribution in [0.2, 0.25) is 5.02 Å². The fraction of sp³-hybridized carbons (Fsp3) is 0.480. The maximum Gasteiger partial charge on any atom is 0.430 e. The first-order chi connectivity index (χ1) is 16.1. The van der Waals surface area contributed by atoms with Crippen molar-refractivity contribution in [2.24, 2.45) is 5.41 Å². The van der Waals surface area contributed by atoms with Gasteiger partial charge in [-0.3, -0.25) is 4.79 Å². The number of hydrogen-bond donors (Lipinski definition) is 1. The number of nitrogens with zero attached hydrogens (tertiary/aromatic N) is 1. The predicted octanol–water partition coefficient (Wildman–Crippen LogP) is 5.27. The molecular formula is C25H27ClF4N2O2. The van der Waals surface area contributed by atoms with Crippen LogP contribution in [0.3, 0.4) is 0 Å². The summed E-state index contributed by atoms with van der Waals surface area (Å²) >= 11 is 5.95. The molecule has 1 N–H and O–H groups in total. The van der Waals surface area contributed by atoms with E-state index in [1.54, 1.807) is 12.1 Å². The van der Waals surface area contributed by atoms with E-state index in [2.05, 4.69) is 5.32 Å². The monoisotopic (exact) mass is 498 g/mol. The van der Waals surface area contributed by atoms with Gasteiger partial charge >= 0.3 is 6.18 Å². The quantitative estimate of drug-likeness (QED) is 0.584. The Morgan fingerprint density at radius 1 is 1.12 bits per heavy atom. The lowest BCUT2D eigenvalue weighted by molar-refractivity contribution is -0.271. The van der Waals surface area contributed by atoms with Gasteiger partial charge in [-0.1, -0.05) is 35.9 Å². The molecule has 184 valence electrons. The Kier molecular flexibility index (Phi) is 6.95. The van der Waals surface area contributed by atoms with Gasteiger partial charge in [0.15, 0.2) is 0 Å². The van der Waals surface area contributed by atoms with Gasteiger partial charge in [0.05, 0.1) is 0 Å². The Morgan fingerprint density at radius 3 is 2.38 bits per heavy atom. The molecule has 4 nitrogen and oxygen atoms in total. The molecule has 2 aliphatic rings. The van der Waals surface area contributed by atoms with Crippen LogP contribution in [0.5, 0.6) is 0 Å². The molecule has 0 aromatic heterocycles. The van der Waals surface area contributed by atoms with Crippen LogP contribution >= 0.6 is 11.6 Å². The third-order valence-electron chi connectivity index (χ3n) is 7.44. The van der Waals surface area contributed by atoms with E-state index < -0.39 is 17.7 Å². The molecule has 2 atom stereocenters. The number of hydrogen-bond acceptors (Lipinski definition) is 3. The minimum atomic E-state index is -4.98. The van der Waals surface area contributed by atoms with Crippen molar-refractivity contribution in [1.82, 2.24) is 10.2 Å². The summed E-state index contributed by atoms with van der Waals surface area (Å²) in [6.45, 7) is 1.85. The number of alkyl halides is 3. The second-order valence-corrected chi connectivity index (χ2v) is 9.54. The van der Waals surface area contributed by atoms with Gasteiger partial charge in [0.25, 0.3) is 11.5 Å². The van der Waals surface area contributed by atoms with E-state index in [1.165, 1.54) is 35.2 Å². The molecule has 0 aliphatic carbocycles. The molecule has 0 bridgehead atoms. The summed E-state index contributed by atoms with van der Waals surface area (Å²) in [7, 11) is 0.898. The molecular weight excluding hydrogens is 472 g/mol. The molecule has 2 heterocycles. The van der Waals surface area contributed by atoms with E-state index in [0.717, 1.165) is 31.7 Å². The van der Waals surface area contributed by atoms with Crippen LogP contribution in [0.4, 0.5) is 17.6 Å². The fourth-order valence-corrected chi connectivity index (χ4v) is 5.74. The van der Waals surface area contributed by atoms with Crippen LogP contribution in [0.25, 0.3) is 0 Å². The maximum atomic E-state index is 14.4. The van der Waals surface area contributed by atoms with Gasteiger partial charge in [-0.05, 0) is 61.1 Å². The first-order valence-corrected chi connectivity index (χ1v) is 11.6. The number of rotatable bonds is 4. The van der Waals surface area contributed by atoms with Crippen molar-refractivity contribution in [3.8, 4) is 0 Å². The largest absolute Gasteiger partial charge is 0.430 e. The normalized spacial score (nSPS) is 22.4. The summed E-state index contributed by atoms with van der Waals surface area (Å²) in [5.74, 6) is -1.36. The molecule has 0 radical (unpaired) electrons. The van der Waals surface area contributed by atoms with Crippen LogP contribution in [0.15, 0.2) is 48.5 Å². The number of piperidine rings is 2. The average molecular weight is 499 g/mol. The number of benzene rings is 2. The van der Waals surface area contributed by atoms with Crippen molar-refractivity contribution < 1.29 is 27.1 Å². The van der Waals surface area contributed by atoms with E-state index >= 15 is 0 Å². The first kappa shape index (κ1) is 24.9. The zero-order chi connectivity index (χ0) is 24.6. The molecule has 9 heteroatoms. The van der Waals surface area contributed by atoms with E-state index in [0.29, 0.717) is 19.4 Å². The van der Waals surface area contributed by atoms with Crippen molar-refractivity contribution in [2.75, 3.05) is 33.3 Å². The maximum absolute atomic E-state index is 14.4. The van der Waals surface area contributed by atoms with Gasteiger partial charge < -0.3 is 15.0 Å². The van der Waals surface area contributed by atoms with Crippen LogP contribution in [-0.4, -0.2) is 50.3 Å². The number of likely N-dealkylation sites (tertiary alicyclic amines) is 1. The number of halogens is 5. The third-order valence-corrected chi connectivity index (χ3v) is 7.68. The van der Waals surface area contributed by atoms with Gasteiger partial charge in [-0.2, -0.15) is 13.2 Å². The highest BCUT2D eigenvalue weighted by Crippen LogP contribution is 2.50. The minimum Gasteiger partial charge on any atom is -0.356 e. The van der Waals surface area contributed by atoms with Crippen LogP contribution in [0, 0.1) is 11.2 Å². The molecule has 2 fully saturated rings. The Morgan fingerprint density at radius 2 is 1.79 bits per heavy atom. The summed E-state index contributed by atoms with van der Waals surface area (Å²) in [6.07, 6.45) is -3.05. The number of amides is 1. The molecule has 2 aromatic carbocycles. The van der Waals surface area contributed by atoms with E-state index in [4.69, 9.17) is 16.3 Å². The molecule has 4 rings (SSSR count). The van der Waals surface area contributed by atoms with Gasteiger partial charge in [0, 0.05) is 43.2 Å². The Hall–Kier alpha value is -2.16. The summed E-state index contributed by atoms with van der Waals surface area (Å²) < 4.78 is 61.7. The van der Waals surface area contributed by atoms with E-state index in [9.17, 15) is 22.4 Å². The highest BCUT2D eigenvalue weighted by atomic mass is 35.5. The second-order valence-electron chi connectivity index (χ2n) is 9.11. The highest BCUT2D eigenvalue weighted by molar-refractivity contribution is 6.30. The fourth-order valence-electron chi connectivity index (χ4n) is 5.55. The van der Waals surface area contributed by atoms with Gasteiger partial charge in [0.1, 0.15) is 5.82 Å². The lowest BCUT2D eigenvalue weighted by atomic mass is 9.62. The zero-order valence-electron chi connectivity index (χ0n) is 18.8. The molecule has 0 saturated carbocycles. The number of nitrogens with one attached hydrogen (secondary N) is 1. The highest BCUT2D eigenvalue weighted by Gasteiger charge is 2.64. The number of carbonyl (C=O) groups is 1. The second kappa shape index (κ2) is 9.47. The van der Waals surface area contributed by atoms with Crippen LogP contribution < -0.4 is 5.32 Å². The summed E-state index contributed by atoms with van der Waals surface area (Å²) in [5.41, 5.74) is -2.66. The van der Waals surface area contributed by atoms with E-state index in [-0.39, 0.29) is 40.8 Å². The number of methoxy groups -OCH3 is 1. The van der Waals surface area contributed by atoms with Crippen LogP contribution in [-0.2, 0) is 15.1 Å². The molecule has 2 aliphatic heterocycles. The predicted molar refractivity (Wildman–Crippen MR) is 121 cm³/mol. The molecule has 1 spiro atoms.